The molecule has 1 aliphatic heterocycles. The van der Waals surface area contributed by atoms with Crippen LogP contribution in [0, 0.1) is 13.8 Å². The highest BCUT2D eigenvalue weighted by molar-refractivity contribution is 6.34. The zero-order chi connectivity index (χ0) is 12.7. The van der Waals surface area contributed by atoms with Crippen LogP contribution in [-0.4, -0.2) is 5.91 Å². The fraction of sp³-hybridized carbons (Fsp3) is 0.133. The van der Waals surface area contributed by atoms with Gasteiger partial charge in [-0.2, -0.15) is 0 Å². The van der Waals surface area contributed by atoms with Crippen molar-refractivity contribution in [3.05, 3.63) is 53.0 Å². The summed E-state index contributed by atoms with van der Waals surface area (Å²) in [6, 6.07) is 9.68. The lowest BCUT2D eigenvalue weighted by Gasteiger charge is -1.99. The van der Waals surface area contributed by atoms with E-state index in [2.05, 4.69) is 5.32 Å². The second-order valence-electron chi connectivity index (χ2n) is 4.51. The van der Waals surface area contributed by atoms with Crippen LogP contribution in [-0.2, 0) is 4.79 Å². The van der Waals surface area contributed by atoms with Gasteiger partial charge in [0, 0.05) is 11.3 Å². The van der Waals surface area contributed by atoms with E-state index >= 15 is 0 Å². The van der Waals surface area contributed by atoms with Gasteiger partial charge in [-0.05, 0) is 43.7 Å². The molecular formula is C15H13NO2. The molecule has 0 saturated heterocycles. The average Bonchev–Trinajstić information content (AvgIpc) is 2.84. The van der Waals surface area contributed by atoms with Crippen molar-refractivity contribution in [1.82, 2.24) is 0 Å². The Morgan fingerprint density at radius 3 is 2.72 bits per heavy atom. The minimum atomic E-state index is -0.0790. The maximum absolute atomic E-state index is 11.9. The zero-order valence-electron chi connectivity index (χ0n) is 10.3. The number of furan rings is 1. The van der Waals surface area contributed by atoms with Crippen molar-refractivity contribution < 1.29 is 9.21 Å². The first-order valence-corrected chi connectivity index (χ1v) is 5.84. The van der Waals surface area contributed by atoms with Crippen LogP contribution < -0.4 is 5.32 Å². The molecule has 1 aromatic heterocycles. The Labute approximate surface area is 105 Å². The normalized spacial score (nSPS) is 15.9. The molecule has 3 rings (SSSR count). The zero-order valence-corrected chi connectivity index (χ0v) is 10.3. The molecule has 1 N–H and O–H groups in total. The molecule has 0 radical (unpaired) electrons. The first kappa shape index (κ1) is 10.8. The van der Waals surface area contributed by atoms with E-state index in [1.807, 2.05) is 44.2 Å². The average molecular weight is 239 g/mol. The molecule has 0 fully saturated rings. The first-order valence-electron chi connectivity index (χ1n) is 5.84. The molecule has 0 saturated carbocycles. The Morgan fingerprint density at radius 2 is 2.00 bits per heavy atom. The molecule has 1 aliphatic rings. The van der Waals surface area contributed by atoms with E-state index in [4.69, 9.17) is 4.42 Å². The van der Waals surface area contributed by atoms with Crippen LogP contribution in [0.5, 0.6) is 0 Å². The number of aryl methyl sites for hydroxylation is 2. The summed E-state index contributed by atoms with van der Waals surface area (Å²) in [7, 11) is 0. The number of carbonyl (C=O) groups excluding carboxylic acids is 1. The van der Waals surface area contributed by atoms with E-state index in [1.165, 1.54) is 0 Å². The molecule has 1 amide bonds. The third kappa shape index (κ3) is 1.74. The summed E-state index contributed by atoms with van der Waals surface area (Å²) < 4.78 is 5.48. The summed E-state index contributed by atoms with van der Waals surface area (Å²) in [5.41, 5.74) is 3.58. The molecule has 2 aromatic rings. The quantitative estimate of drug-likeness (QED) is 0.775. The molecule has 3 heteroatoms. The number of amides is 1. The van der Waals surface area contributed by atoms with Crippen LogP contribution in [0.4, 0.5) is 5.69 Å². The van der Waals surface area contributed by atoms with Crippen molar-refractivity contribution in [3.8, 4) is 0 Å². The topological polar surface area (TPSA) is 42.2 Å². The lowest BCUT2D eigenvalue weighted by molar-refractivity contribution is -0.110. The molecule has 2 heterocycles. The van der Waals surface area contributed by atoms with Gasteiger partial charge in [0.1, 0.15) is 11.5 Å². The highest BCUT2D eigenvalue weighted by Crippen LogP contribution is 2.33. The van der Waals surface area contributed by atoms with Crippen molar-refractivity contribution >= 4 is 23.2 Å². The van der Waals surface area contributed by atoms with Gasteiger partial charge in [-0.25, -0.2) is 0 Å². The lowest BCUT2D eigenvalue weighted by Crippen LogP contribution is -2.03. The van der Waals surface area contributed by atoms with Crippen molar-refractivity contribution in [2.75, 3.05) is 5.32 Å². The van der Waals surface area contributed by atoms with E-state index in [-0.39, 0.29) is 5.91 Å². The minimum absolute atomic E-state index is 0.0790. The number of carbonyl (C=O) groups is 1. The van der Waals surface area contributed by atoms with E-state index < -0.39 is 0 Å². The smallest absolute Gasteiger partial charge is 0.256 e. The summed E-state index contributed by atoms with van der Waals surface area (Å²) >= 11 is 0. The SMILES string of the molecule is Cc1ccc2c(c1)NC(=O)C2=Cc1ccc(C)o1. The van der Waals surface area contributed by atoms with Gasteiger partial charge in [-0.3, -0.25) is 4.79 Å². The van der Waals surface area contributed by atoms with Gasteiger partial charge >= 0.3 is 0 Å². The lowest BCUT2D eigenvalue weighted by atomic mass is 10.0. The monoisotopic (exact) mass is 239 g/mol. The fourth-order valence-corrected chi connectivity index (χ4v) is 2.12. The summed E-state index contributed by atoms with van der Waals surface area (Å²) in [6.45, 7) is 3.89. The third-order valence-electron chi connectivity index (χ3n) is 3.01. The Hall–Kier alpha value is -2.29. The maximum Gasteiger partial charge on any atom is 0.256 e. The number of anilines is 1. The van der Waals surface area contributed by atoms with E-state index in [0.717, 1.165) is 22.6 Å². The molecule has 0 atom stereocenters. The highest BCUT2D eigenvalue weighted by Gasteiger charge is 2.24. The maximum atomic E-state index is 11.9. The van der Waals surface area contributed by atoms with Crippen LogP contribution in [0.1, 0.15) is 22.6 Å². The molecular weight excluding hydrogens is 226 g/mol. The number of benzene rings is 1. The van der Waals surface area contributed by atoms with Gasteiger partial charge < -0.3 is 9.73 Å². The van der Waals surface area contributed by atoms with Crippen LogP contribution in [0.2, 0.25) is 0 Å². The number of fused-ring (bicyclic) bond motifs is 1. The summed E-state index contributed by atoms with van der Waals surface area (Å²) in [5, 5.41) is 2.87. The number of rotatable bonds is 1. The van der Waals surface area contributed by atoms with Crippen molar-refractivity contribution in [2.24, 2.45) is 0 Å². The van der Waals surface area contributed by atoms with Gasteiger partial charge in [0.2, 0.25) is 0 Å². The Balaban J connectivity index is 2.09. The van der Waals surface area contributed by atoms with Crippen LogP contribution in [0.25, 0.3) is 11.6 Å². The Morgan fingerprint density at radius 1 is 1.17 bits per heavy atom. The van der Waals surface area contributed by atoms with Crippen LogP contribution in [0.3, 0.4) is 0 Å². The summed E-state index contributed by atoms with van der Waals surface area (Å²) in [6.07, 6.45) is 1.78. The Bertz CT molecular complexity index is 665. The fourth-order valence-electron chi connectivity index (χ4n) is 2.12. The number of hydrogen-bond donors (Lipinski definition) is 1. The Kier molecular flexibility index (Phi) is 2.33. The van der Waals surface area contributed by atoms with Crippen molar-refractivity contribution in [3.63, 3.8) is 0 Å². The molecule has 0 spiro atoms. The predicted molar refractivity (Wildman–Crippen MR) is 71.1 cm³/mol. The van der Waals surface area contributed by atoms with Gasteiger partial charge in [0.05, 0.1) is 5.57 Å². The largest absolute Gasteiger partial charge is 0.462 e. The second-order valence-corrected chi connectivity index (χ2v) is 4.51. The molecule has 0 bridgehead atoms. The van der Waals surface area contributed by atoms with Crippen molar-refractivity contribution in [2.45, 2.75) is 13.8 Å². The van der Waals surface area contributed by atoms with Gasteiger partial charge in [-0.15, -0.1) is 0 Å². The second kappa shape index (κ2) is 3.88. The highest BCUT2D eigenvalue weighted by atomic mass is 16.3. The van der Waals surface area contributed by atoms with Crippen LogP contribution >= 0.6 is 0 Å². The molecule has 1 aromatic carbocycles. The van der Waals surface area contributed by atoms with E-state index in [1.54, 1.807) is 6.08 Å². The third-order valence-corrected chi connectivity index (χ3v) is 3.01. The molecule has 90 valence electrons. The first-order chi connectivity index (χ1) is 8.63. The van der Waals surface area contributed by atoms with Gasteiger partial charge in [0.25, 0.3) is 5.91 Å². The molecule has 0 aliphatic carbocycles. The van der Waals surface area contributed by atoms with Gasteiger partial charge in [0.15, 0.2) is 0 Å². The molecule has 3 nitrogen and oxygen atoms in total. The number of nitrogens with one attached hydrogen (secondary N) is 1. The predicted octanol–water partition coefficient (Wildman–Crippen LogP) is 3.39. The number of hydrogen-bond acceptors (Lipinski definition) is 2. The van der Waals surface area contributed by atoms with Gasteiger partial charge in [-0.1, -0.05) is 12.1 Å². The molecule has 0 unspecified atom stereocenters. The van der Waals surface area contributed by atoms with E-state index in [9.17, 15) is 4.79 Å². The summed E-state index contributed by atoms with van der Waals surface area (Å²) in [5.74, 6) is 1.46. The minimum Gasteiger partial charge on any atom is -0.462 e. The molecule has 18 heavy (non-hydrogen) atoms. The summed E-state index contributed by atoms with van der Waals surface area (Å²) in [4.78, 5) is 11.9. The van der Waals surface area contributed by atoms with Crippen LogP contribution in [0.15, 0.2) is 34.7 Å². The standard InChI is InChI=1S/C15H13NO2/c1-9-3-6-12-13(15(17)16-14(12)7-9)8-11-5-4-10(2)18-11/h3-8H,1-2H3,(H,16,17). The van der Waals surface area contributed by atoms with E-state index in [0.29, 0.717) is 11.3 Å². The van der Waals surface area contributed by atoms with Crippen molar-refractivity contribution in [1.29, 1.82) is 0 Å².